The molecule has 0 amide bonds. The molecular weight excluding hydrogens is 571 g/mol. The normalized spacial score (nSPS) is 17.5. The summed E-state index contributed by atoms with van der Waals surface area (Å²) in [5.41, 5.74) is 1.07. The predicted molar refractivity (Wildman–Crippen MR) is 150 cm³/mol. The summed E-state index contributed by atoms with van der Waals surface area (Å²) in [7, 11) is -4.45. The number of rotatable bonds is 7. The number of aliphatic carboxylic acids is 1. The average molecular weight is 598 g/mol. The van der Waals surface area contributed by atoms with Crippen LogP contribution in [0.5, 0.6) is 5.75 Å². The topological polar surface area (TPSA) is 100 Å². The summed E-state index contributed by atoms with van der Waals surface area (Å²) in [4.78, 5) is 17.1. The Morgan fingerprint density at radius 3 is 2.55 bits per heavy atom. The molecule has 1 unspecified atom stereocenters. The zero-order chi connectivity index (χ0) is 29.6. The Hall–Kier alpha value is -4.32. The number of fused-ring (bicyclic) bond motifs is 2. The summed E-state index contributed by atoms with van der Waals surface area (Å²) < 4.78 is 74.9. The highest BCUT2D eigenvalue weighted by molar-refractivity contribution is 7.92. The number of hydrogen-bond acceptors (Lipinski definition) is 6. The van der Waals surface area contributed by atoms with E-state index in [1.165, 1.54) is 0 Å². The molecule has 0 spiro atoms. The highest BCUT2D eigenvalue weighted by atomic mass is 32.2. The minimum absolute atomic E-state index is 0.0310. The second-order valence-electron chi connectivity index (χ2n) is 10.4. The van der Waals surface area contributed by atoms with Crippen LogP contribution >= 0.6 is 0 Å². The summed E-state index contributed by atoms with van der Waals surface area (Å²) >= 11 is 0. The van der Waals surface area contributed by atoms with Crippen LogP contribution in [0.3, 0.4) is 0 Å². The zero-order valence-corrected chi connectivity index (χ0v) is 23.0. The number of benzene rings is 3. The van der Waals surface area contributed by atoms with Crippen LogP contribution in [-0.4, -0.2) is 50.2 Å². The second kappa shape index (κ2) is 10.5. The highest BCUT2D eigenvalue weighted by Crippen LogP contribution is 2.43. The fourth-order valence-corrected chi connectivity index (χ4v) is 7.02. The van der Waals surface area contributed by atoms with Gasteiger partial charge in [0, 0.05) is 54.3 Å². The molecule has 4 aromatic rings. The predicted octanol–water partition coefficient (Wildman–Crippen LogP) is 5.68. The summed E-state index contributed by atoms with van der Waals surface area (Å²) in [5.74, 6) is -0.757. The molecular formula is C30H26F3N3O5S. The Labute approximate surface area is 240 Å². The number of carboxylic acids is 1. The number of alkyl halides is 3. The summed E-state index contributed by atoms with van der Waals surface area (Å²) in [6.45, 7) is 1.13. The average Bonchev–Trinajstić information content (AvgIpc) is 2.94. The Morgan fingerprint density at radius 2 is 1.79 bits per heavy atom. The van der Waals surface area contributed by atoms with Gasteiger partial charge >= 0.3 is 12.1 Å². The molecule has 1 atom stereocenters. The molecule has 42 heavy (non-hydrogen) atoms. The lowest BCUT2D eigenvalue weighted by molar-refractivity contribution is -0.138. The monoisotopic (exact) mass is 597 g/mol. The lowest BCUT2D eigenvalue weighted by atomic mass is 9.89. The van der Waals surface area contributed by atoms with Crippen molar-refractivity contribution in [2.45, 2.75) is 35.9 Å². The quantitative estimate of drug-likeness (QED) is 0.293. The van der Waals surface area contributed by atoms with Crippen LogP contribution < -0.4 is 13.9 Å². The van der Waals surface area contributed by atoms with E-state index in [0.717, 1.165) is 44.5 Å². The first-order valence-corrected chi connectivity index (χ1v) is 14.7. The van der Waals surface area contributed by atoms with Gasteiger partial charge in [-0.05, 0) is 54.4 Å². The van der Waals surface area contributed by atoms with Gasteiger partial charge < -0.3 is 14.7 Å². The van der Waals surface area contributed by atoms with Crippen molar-refractivity contribution >= 4 is 38.1 Å². The number of carboxylic acid groups (broad SMARTS) is 1. The number of sulfonamides is 1. The summed E-state index contributed by atoms with van der Waals surface area (Å²) in [6.07, 6.45) is -2.18. The molecule has 2 aliphatic rings. The molecule has 218 valence electrons. The highest BCUT2D eigenvalue weighted by Gasteiger charge is 2.38. The van der Waals surface area contributed by atoms with Gasteiger partial charge in [0.1, 0.15) is 11.9 Å². The van der Waals surface area contributed by atoms with Gasteiger partial charge in [0.25, 0.3) is 10.0 Å². The minimum atomic E-state index is -4.72. The molecule has 1 N–H and O–H groups in total. The largest absolute Gasteiger partial charge is 0.486 e. The Kier molecular flexibility index (Phi) is 6.96. The molecule has 1 aromatic heterocycles. The first-order valence-electron chi connectivity index (χ1n) is 13.3. The molecule has 1 fully saturated rings. The third-order valence-electron chi connectivity index (χ3n) is 7.70. The van der Waals surface area contributed by atoms with E-state index in [4.69, 9.17) is 9.84 Å². The van der Waals surface area contributed by atoms with E-state index in [9.17, 15) is 26.4 Å². The number of halogens is 3. The SMILES string of the molecule is O=C(O)CCC1CN(S(=O)(=O)c2cccc(C(F)(F)F)c2)c2cc(C3CN(c4cccc5cnccc45)C3)ccc2O1. The van der Waals surface area contributed by atoms with E-state index in [0.29, 0.717) is 19.2 Å². The molecule has 0 radical (unpaired) electrons. The maximum absolute atomic E-state index is 13.8. The maximum Gasteiger partial charge on any atom is 0.416 e. The van der Waals surface area contributed by atoms with E-state index in [-0.39, 0.29) is 36.7 Å². The maximum atomic E-state index is 13.8. The van der Waals surface area contributed by atoms with Crippen molar-refractivity contribution in [3.8, 4) is 5.75 Å². The third-order valence-corrected chi connectivity index (χ3v) is 9.47. The number of pyridine rings is 1. The van der Waals surface area contributed by atoms with Crippen LogP contribution in [0.25, 0.3) is 10.8 Å². The summed E-state index contributed by atoms with van der Waals surface area (Å²) in [6, 6.07) is 16.8. The van der Waals surface area contributed by atoms with Gasteiger partial charge in [-0.2, -0.15) is 13.2 Å². The van der Waals surface area contributed by atoms with Gasteiger partial charge in [0.2, 0.25) is 0 Å². The van der Waals surface area contributed by atoms with Crippen LogP contribution in [0.1, 0.15) is 29.9 Å². The molecule has 6 rings (SSSR count). The molecule has 2 aliphatic heterocycles. The van der Waals surface area contributed by atoms with Crippen molar-refractivity contribution in [1.82, 2.24) is 4.98 Å². The van der Waals surface area contributed by atoms with Gasteiger partial charge in [-0.15, -0.1) is 0 Å². The number of anilines is 2. The Morgan fingerprint density at radius 1 is 1.00 bits per heavy atom. The van der Waals surface area contributed by atoms with E-state index < -0.39 is 38.7 Å². The van der Waals surface area contributed by atoms with Crippen molar-refractivity contribution in [1.29, 1.82) is 0 Å². The fourth-order valence-electron chi connectivity index (χ4n) is 5.47. The number of hydrogen-bond donors (Lipinski definition) is 1. The first kappa shape index (κ1) is 27.8. The van der Waals surface area contributed by atoms with Crippen molar-refractivity contribution in [3.05, 3.63) is 90.3 Å². The zero-order valence-electron chi connectivity index (χ0n) is 22.2. The molecule has 0 bridgehead atoms. The Balaban J connectivity index is 1.32. The van der Waals surface area contributed by atoms with Crippen molar-refractivity contribution in [2.24, 2.45) is 0 Å². The van der Waals surface area contributed by atoms with E-state index in [1.54, 1.807) is 18.3 Å². The van der Waals surface area contributed by atoms with Crippen molar-refractivity contribution in [3.63, 3.8) is 0 Å². The molecule has 12 heteroatoms. The molecule has 8 nitrogen and oxygen atoms in total. The minimum Gasteiger partial charge on any atom is -0.486 e. The molecule has 3 heterocycles. The van der Waals surface area contributed by atoms with E-state index in [1.807, 2.05) is 36.5 Å². The van der Waals surface area contributed by atoms with Crippen LogP contribution in [-0.2, 0) is 21.0 Å². The van der Waals surface area contributed by atoms with Crippen LogP contribution in [0.2, 0.25) is 0 Å². The van der Waals surface area contributed by atoms with Gasteiger partial charge in [0.15, 0.2) is 0 Å². The van der Waals surface area contributed by atoms with Gasteiger partial charge in [-0.3, -0.25) is 14.1 Å². The lowest BCUT2D eigenvalue weighted by Crippen LogP contribution is -2.46. The van der Waals surface area contributed by atoms with Crippen LogP contribution in [0.4, 0.5) is 24.5 Å². The first-order chi connectivity index (χ1) is 20.0. The fraction of sp³-hybridized carbons (Fsp3) is 0.267. The van der Waals surface area contributed by atoms with Gasteiger partial charge in [-0.25, -0.2) is 8.42 Å². The van der Waals surface area contributed by atoms with E-state index >= 15 is 0 Å². The van der Waals surface area contributed by atoms with Gasteiger partial charge in [-0.1, -0.05) is 24.3 Å². The molecule has 3 aromatic carbocycles. The molecule has 0 saturated carbocycles. The second-order valence-corrected chi connectivity index (χ2v) is 12.3. The van der Waals surface area contributed by atoms with Crippen molar-refractivity contribution < 1.29 is 36.2 Å². The van der Waals surface area contributed by atoms with Crippen LogP contribution in [0.15, 0.2) is 84.0 Å². The number of carbonyl (C=O) groups is 1. The lowest BCUT2D eigenvalue weighted by Gasteiger charge is -2.43. The smallest absolute Gasteiger partial charge is 0.416 e. The number of nitrogens with zero attached hydrogens (tertiary/aromatic N) is 3. The van der Waals surface area contributed by atoms with Crippen molar-refractivity contribution in [2.75, 3.05) is 28.8 Å². The molecule has 0 aliphatic carbocycles. The Bertz CT molecular complexity index is 1770. The standard InChI is InChI=1S/C30H26F3N3O5S/c31-30(32,33)22-4-2-5-24(14-22)42(39,40)36-18-23(8-10-29(37)38)41-28-9-7-19(13-27(28)36)21-16-35(17-21)26-6-1-3-20-15-34-12-11-25(20)26/h1-7,9,11-15,21,23H,8,10,16-18H2,(H,37,38). The number of aromatic nitrogens is 1. The number of ether oxygens (including phenoxy) is 1. The van der Waals surface area contributed by atoms with E-state index in [2.05, 4.69) is 9.88 Å². The van der Waals surface area contributed by atoms with Crippen LogP contribution in [0, 0.1) is 0 Å². The third kappa shape index (κ3) is 5.22. The van der Waals surface area contributed by atoms with Gasteiger partial charge in [0.05, 0.1) is 22.7 Å². The molecule has 1 saturated heterocycles. The summed E-state index contributed by atoms with van der Waals surface area (Å²) in [5, 5.41) is 11.2.